The van der Waals surface area contributed by atoms with Gasteiger partial charge in [-0.3, -0.25) is 14.9 Å². The van der Waals surface area contributed by atoms with Crippen LogP contribution in [-0.4, -0.2) is 55.9 Å². The lowest BCUT2D eigenvalue weighted by Crippen LogP contribution is -2.46. The summed E-state index contributed by atoms with van der Waals surface area (Å²) in [5, 5.41) is 11.0. The third-order valence-corrected chi connectivity index (χ3v) is 5.81. The number of piperidine rings is 1. The third kappa shape index (κ3) is 5.17. The molecular formula is C21H20N4O6S. The molecule has 1 aromatic carbocycles. The van der Waals surface area contributed by atoms with Crippen LogP contribution in [0.15, 0.2) is 41.6 Å². The van der Waals surface area contributed by atoms with Gasteiger partial charge in [0.2, 0.25) is 11.8 Å². The van der Waals surface area contributed by atoms with Crippen molar-refractivity contribution in [2.45, 2.75) is 31.9 Å². The number of imide groups is 1. The lowest BCUT2D eigenvalue weighted by molar-refractivity contribution is -0.115. The fourth-order valence-corrected chi connectivity index (χ4v) is 4.18. The quantitative estimate of drug-likeness (QED) is 0.649. The van der Waals surface area contributed by atoms with E-state index in [0.717, 1.165) is 11.8 Å². The van der Waals surface area contributed by atoms with Crippen molar-refractivity contribution in [3.8, 4) is 17.5 Å². The van der Waals surface area contributed by atoms with E-state index in [1.165, 1.54) is 11.2 Å². The van der Waals surface area contributed by atoms with Crippen molar-refractivity contribution in [2.24, 2.45) is 0 Å². The van der Waals surface area contributed by atoms with E-state index in [1.807, 2.05) is 6.92 Å². The van der Waals surface area contributed by atoms with Gasteiger partial charge in [-0.15, -0.1) is 0 Å². The number of amides is 3. The molecule has 2 atom stereocenters. The van der Waals surface area contributed by atoms with Crippen LogP contribution in [0, 0.1) is 0 Å². The molecule has 2 saturated heterocycles. The Balaban J connectivity index is 1.41. The highest BCUT2D eigenvalue weighted by Gasteiger charge is 2.30. The molecule has 2 aliphatic heterocycles. The van der Waals surface area contributed by atoms with Gasteiger partial charge in [-0.1, -0.05) is 12.1 Å². The number of carboxylic acid groups (broad SMARTS) is 1. The van der Waals surface area contributed by atoms with Crippen LogP contribution in [0.1, 0.15) is 25.3 Å². The molecule has 0 spiro atoms. The van der Waals surface area contributed by atoms with E-state index in [-0.39, 0.29) is 18.0 Å². The zero-order valence-corrected chi connectivity index (χ0v) is 17.9. The summed E-state index contributed by atoms with van der Waals surface area (Å²) in [6, 6.07) is 8.43. The van der Waals surface area contributed by atoms with E-state index in [9.17, 15) is 19.5 Å². The first-order valence-corrected chi connectivity index (χ1v) is 10.7. The summed E-state index contributed by atoms with van der Waals surface area (Å²) in [6.45, 7) is 2.25. The first-order chi connectivity index (χ1) is 15.4. The van der Waals surface area contributed by atoms with Crippen LogP contribution in [0.5, 0.6) is 17.5 Å². The summed E-state index contributed by atoms with van der Waals surface area (Å²) >= 11 is 0.847. The lowest BCUT2D eigenvalue weighted by atomic mass is 10.0. The van der Waals surface area contributed by atoms with Gasteiger partial charge in [0.1, 0.15) is 18.2 Å². The Kier molecular flexibility index (Phi) is 6.26. The molecule has 2 N–H and O–H groups in total. The van der Waals surface area contributed by atoms with Crippen molar-refractivity contribution in [1.82, 2.24) is 20.2 Å². The normalized spacial score (nSPS) is 22.0. The molecule has 2 unspecified atom stereocenters. The largest absolute Gasteiger partial charge is 0.474 e. The molecule has 11 heteroatoms. The molecule has 0 bridgehead atoms. The molecule has 0 radical (unpaired) electrons. The van der Waals surface area contributed by atoms with Crippen molar-refractivity contribution in [2.75, 3.05) is 6.54 Å². The van der Waals surface area contributed by atoms with E-state index < -0.39 is 17.2 Å². The zero-order chi connectivity index (χ0) is 22.7. The number of benzene rings is 1. The van der Waals surface area contributed by atoms with Crippen molar-refractivity contribution in [3.05, 3.63) is 47.1 Å². The second-order valence-electron chi connectivity index (χ2n) is 7.31. The van der Waals surface area contributed by atoms with Gasteiger partial charge in [0.15, 0.2) is 0 Å². The number of rotatable bonds is 5. The van der Waals surface area contributed by atoms with Crippen LogP contribution >= 0.6 is 11.8 Å². The van der Waals surface area contributed by atoms with Crippen LogP contribution in [0.3, 0.4) is 0 Å². The van der Waals surface area contributed by atoms with E-state index >= 15 is 0 Å². The van der Waals surface area contributed by atoms with Crippen molar-refractivity contribution < 1.29 is 29.0 Å². The van der Waals surface area contributed by atoms with Gasteiger partial charge in [-0.25, -0.2) is 14.8 Å². The molecule has 32 heavy (non-hydrogen) atoms. The smallest absolute Gasteiger partial charge is 0.407 e. The summed E-state index contributed by atoms with van der Waals surface area (Å²) in [4.78, 5) is 44.2. The molecule has 166 valence electrons. The topological polar surface area (TPSA) is 131 Å². The first-order valence-electron chi connectivity index (χ1n) is 9.88. The first kappa shape index (κ1) is 21.6. The second-order valence-corrected chi connectivity index (χ2v) is 8.33. The van der Waals surface area contributed by atoms with Crippen LogP contribution in [0.25, 0.3) is 6.08 Å². The molecule has 1 aromatic heterocycles. The molecule has 2 aliphatic rings. The molecule has 10 nitrogen and oxygen atoms in total. The number of carbonyl (C=O) groups is 3. The number of aromatic nitrogens is 2. The maximum absolute atomic E-state index is 11.7. The maximum Gasteiger partial charge on any atom is 0.407 e. The van der Waals surface area contributed by atoms with Gasteiger partial charge in [0.25, 0.3) is 11.1 Å². The molecule has 3 heterocycles. The number of ether oxygens (including phenoxy) is 2. The highest BCUT2D eigenvalue weighted by molar-refractivity contribution is 8.18. The Labute approximate surface area is 187 Å². The Morgan fingerprint density at radius 1 is 1.28 bits per heavy atom. The van der Waals surface area contributed by atoms with E-state index in [2.05, 4.69) is 15.3 Å². The van der Waals surface area contributed by atoms with Gasteiger partial charge in [0, 0.05) is 25.4 Å². The summed E-state index contributed by atoms with van der Waals surface area (Å²) in [7, 11) is 0. The van der Waals surface area contributed by atoms with Crippen LogP contribution in [0.2, 0.25) is 0 Å². The fourth-order valence-electron chi connectivity index (χ4n) is 3.50. The molecular weight excluding hydrogens is 436 g/mol. The maximum atomic E-state index is 11.7. The Bertz CT molecular complexity index is 1090. The molecule has 0 aliphatic carbocycles. The third-order valence-electron chi connectivity index (χ3n) is 5.00. The number of nitrogens with zero attached hydrogens (tertiary/aromatic N) is 3. The second kappa shape index (κ2) is 9.27. The highest BCUT2D eigenvalue weighted by atomic mass is 32.2. The predicted octanol–water partition coefficient (Wildman–Crippen LogP) is 3.50. The lowest BCUT2D eigenvalue weighted by Gasteiger charge is -2.35. The van der Waals surface area contributed by atoms with Crippen LogP contribution in [-0.2, 0) is 4.79 Å². The molecule has 0 saturated carbocycles. The summed E-state index contributed by atoms with van der Waals surface area (Å²) in [5.74, 6) is 0.681. The SMILES string of the molecule is CC1CC(Oc2cc(Oc3cccc(C=C4SC(=O)NC4=O)c3)ncn2)CCN1C(=O)O. The van der Waals surface area contributed by atoms with Gasteiger partial charge in [-0.2, -0.15) is 0 Å². The summed E-state index contributed by atoms with van der Waals surface area (Å²) in [6.07, 6.45) is 2.99. The molecule has 3 amide bonds. The highest BCUT2D eigenvalue weighted by Crippen LogP contribution is 2.29. The van der Waals surface area contributed by atoms with E-state index in [1.54, 1.807) is 36.4 Å². The average Bonchev–Trinajstić information content (AvgIpc) is 3.05. The fraction of sp³-hybridized carbons (Fsp3) is 0.286. The van der Waals surface area contributed by atoms with Crippen molar-refractivity contribution in [3.63, 3.8) is 0 Å². The average molecular weight is 456 g/mol. The predicted molar refractivity (Wildman–Crippen MR) is 115 cm³/mol. The molecule has 2 fully saturated rings. The molecule has 4 rings (SSSR count). The van der Waals surface area contributed by atoms with Crippen LogP contribution < -0.4 is 14.8 Å². The van der Waals surface area contributed by atoms with Crippen molar-refractivity contribution in [1.29, 1.82) is 0 Å². The summed E-state index contributed by atoms with van der Waals surface area (Å²) < 4.78 is 11.7. The number of likely N-dealkylation sites (tertiary alicyclic amines) is 1. The molecule has 2 aromatic rings. The van der Waals surface area contributed by atoms with Gasteiger partial charge < -0.3 is 19.5 Å². The standard InChI is InChI=1S/C21H20N4O6S/c1-12-7-15(5-6-25(12)21(28)29)31-18-10-17(22-11-23-18)30-14-4-2-3-13(8-14)9-16-19(26)24-20(27)32-16/h2-4,8-12,15H,5-7H2,1H3,(H,28,29)(H,24,26,27). The number of hydrogen-bond acceptors (Lipinski definition) is 8. The number of thioether (sulfide) groups is 1. The van der Waals surface area contributed by atoms with Gasteiger partial charge in [0.05, 0.1) is 11.0 Å². The minimum atomic E-state index is -0.926. The number of nitrogens with one attached hydrogen (secondary N) is 1. The Morgan fingerprint density at radius 3 is 2.81 bits per heavy atom. The monoisotopic (exact) mass is 456 g/mol. The summed E-state index contributed by atoms with van der Waals surface area (Å²) in [5.41, 5.74) is 0.694. The number of carbonyl (C=O) groups excluding carboxylic acids is 2. The minimum absolute atomic E-state index is 0.143. The minimum Gasteiger partial charge on any atom is -0.474 e. The van der Waals surface area contributed by atoms with Gasteiger partial charge in [-0.05, 0) is 42.5 Å². The Morgan fingerprint density at radius 2 is 2.09 bits per heavy atom. The number of hydrogen-bond donors (Lipinski definition) is 2. The van der Waals surface area contributed by atoms with Gasteiger partial charge >= 0.3 is 6.09 Å². The van der Waals surface area contributed by atoms with E-state index in [4.69, 9.17) is 9.47 Å². The van der Waals surface area contributed by atoms with Crippen molar-refractivity contribution >= 4 is 35.1 Å². The zero-order valence-electron chi connectivity index (χ0n) is 17.1. The van der Waals surface area contributed by atoms with E-state index in [0.29, 0.717) is 41.5 Å². The Hall–Kier alpha value is -3.60. The van der Waals surface area contributed by atoms with Crippen LogP contribution in [0.4, 0.5) is 9.59 Å².